The molecule has 0 aromatic heterocycles. The maximum atomic E-state index is 13.0. The normalized spacial score (nSPS) is 24.1. The second kappa shape index (κ2) is 4.96. The van der Waals surface area contributed by atoms with Crippen molar-refractivity contribution in [3.8, 4) is 0 Å². The van der Waals surface area contributed by atoms with Gasteiger partial charge in [0.05, 0.1) is 19.3 Å². The van der Waals surface area contributed by atoms with Crippen LogP contribution in [0.2, 0.25) is 0 Å². The molecule has 1 aromatic rings. The molecule has 1 saturated heterocycles. The summed E-state index contributed by atoms with van der Waals surface area (Å²) in [6.07, 6.45) is 0.742. The molecule has 84 valence electrons. The average Bonchev–Trinajstić information content (AvgIpc) is 2.75. The highest BCUT2D eigenvalue weighted by atomic mass is 19.1. The Hall–Kier alpha value is -1.58. The van der Waals surface area contributed by atoms with Crippen LogP contribution in [0, 0.1) is 5.82 Å². The average molecular weight is 221 g/mol. The standard InChI is InChI=1S/C11H12FN3O/c12-10-3-1-2-8(4-10)9-5-11(16-7-9)6-14-15-13/h1-4,9,11H,5-7H2. The van der Waals surface area contributed by atoms with Crippen LogP contribution in [0.25, 0.3) is 10.4 Å². The molecule has 0 radical (unpaired) electrons. The lowest BCUT2D eigenvalue weighted by molar-refractivity contribution is 0.116. The zero-order valence-corrected chi connectivity index (χ0v) is 8.71. The van der Waals surface area contributed by atoms with Crippen LogP contribution in [0.4, 0.5) is 4.39 Å². The van der Waals surface area contributed by atoms with E-state index in [1.807, 2.05) is 6.07 Å². The van der Waals surface area contributed by atoms with Crippen LogP contribution in [0.1, 0.15) is 17.9 Å². The fraction of sp³-hybridized carbons (Fsp3) is 0.455. The van der Waals surface area contributed by atoms with E-state index in [1.165, 1.54) is 12.1 Å². The largest absolute Gasteiger partial charge is 0.377 e. The van der Waals surface area contributed by atoms with Crippen LogP contribution in [0.5, 0.6) is 0 Å². The van der Waals surface area contributed by atoms with Gasteiger partial charge in [-0.1, -0.05) is 17.2 Å². The molecule has 0 aliphatic carbocycles. The van der Waals surface area contributed by atoms with Gasteiger partial charge in [-0.3, -0.25) is 0 Å². The van der Waals surface area contributed by atoms with Gasteiger partial charge in [0.15, 0.2) is 0 Å². The van der Waals surface area contributed by atoms with Crippen LogP contribution in [-0.4, -0.2) is 19.3 Å². The van der Waals surface area contributed by atoms with Crippen LogP contribution < -0.4 is 0 Å². The first-order valence-electron chi connectivity index (χ1n) is 5.17. The molecular formula is C11H12FN3O. The van der Waals surface area contributed by atoms with Gasteiger partial charge in [0.25, 0.3) is 0 Å². The molecule has 1 aliphatic heterocycles. The third-order valence-electron chi connectivity index (χ3n) is 2.75. The minimum Gasteiger partial charge on any atom is -0.377 e. The first-order valence-corrected chi connectivity index (χ1v) is 5.17. The Morgan fingerprint density at radius 3 is 3.19 bits per heavy atom. The van der Waals surface area contributed by atoms with E-state index in [4.69, 9.17) is 10.3 Å². The predicted octanol–water partition coefficient (Wildman–Crippen LogP) is 3.01. The lowest BCUT2D eigenvalue weighted by Gasteiger charge is -2.07. The second-order valence-electron chi connectivity index (χ2n) is 3.86. The van der Waals surface area contributed by atoms with E-state index in [0.29, 0.717) is 13.2 Å². The van der Waals surface area contributed by atoms with E-state index in [1.54, 1.807) is 6.07 Å². The summed E-state index contributed by atoms with van der Waals surface area (Å²) >= 11 is 0. The van der Waals surface area contributed by atoms with Crippen molar-refractivity contribution in [1.82, 2.24) is 0 Å². The highest BCUT2D eigenvalue weighted by Crippen LogP contribution is 2.29. The van der Waals surface area contributed by atoms with Crippen molar-refractivity contribution in [2.45, 2.75) is 18.4 Å². The van der Waals surface area contributed by atoms with Gasteiger partial charge in [-0.05, 0) is 29.6 Å². The Labute approximate surface area is 92.7 Å². The Morgan fingerprint density at radius 1 is 1.56 bits per heavy atom. The van der Waals surface area contributed by atoms with Crippen molar-refractivity contribution in [2.75, 3.05) is 13.2 Å². The Kier molecular flexibility index (Phi) is 3.39. The summed E-state index contributed by atoms with van der Waals surface area (Å²) < 4.78 is 18.5. The lowest BCUT2D eigenvalue weighted by atomic mass is 9.96. The van der Waals surface area contributed by atoms with Gasteiger partial charge in [-0.15, -0.1) is 0 Å². The molecule has 0 amide bonds. The molecule has 2 unspecified atom stereocenters. The molecule has 0 bridgehead atoms. The minimum atomic E-state index is -0.226. The van der Waals surface area contributed by atoms with Gasteiger partial charge in [-0.2, -0.15) is 0 Å². The van der Waals surface area contributed by atoms with Crippen molar-refractivity contribution < 1.29 is 9.13 Å². The maximum absolute atomic E-state index is 13.0. The molecule has 0 spiro atoms. The summed E-state index contributed by atoms with van der Waals surface area (Å²) in [4.78, 5) is 2.70. The summed E-state index contributed by atoms with van der Waals surface area (Å²) in [5.74, 6) is -0.0226. The van der Waals surface area contributed by atoms with Gasteiger partial charge in [0.2, 0.25) is 0 Å². The van der Waals surface area contributed by atoms with Crippen LogP contribution in [0.3, 0.4) is 0 Å². The van der Waals surface area contributed by atoms with E-state index in [0.717, 1.165) is 12.0 Å². The fourth-order valence-corrected chi connectivity index (χ4v) is 1.95. The number of rotatable bonds is 3. The highest BCUT2D eigenvalue weighted by molar-refractivity contribution is 5.21. The second-order valence-corrected chi connectivity index (χ2v) is 3.86. The van der Waals surface area contributed by atoms with E-state index < -0.39 is 0 Å². The number of benzene rings is 1. The third-order valence-corrected chi connectivity index (χ3v) is 2.75. The minimum absolute atomic E-state index is 0.0378. The number of azide groups is 1. The summed E-state index contributed by atoms with van der Waals surface area (Å²) in [5, 5.41) is 3.48. The Morgan fingerprint density at radius 2 is 2.44 bits per heavy atom. The van der Waals surface area contributed by atoms with E-state index in [9.17, 15) is 4.39 Å². The summed E-state index contributed by atoms with van der Waals surface area (Å²) in [6.45, 7) is 0.914. The molecule has 2 rings (SSSR count). The molecule has 5 heteroatoms. The third kappa shape index (κ3) is 2.51. The van der Waals surface area contributed by atoms with Gasteiger partial charge >= 0.3 is 0 Å². The van der Waals surface area contributed by atoms with Crippen molar-refractivity contribution in [1.29, 1.82) is 0 Å². The molecule has 0 N–H and O–H groups in total. The van der Waals surface area contributed by atoms with E-state index in [2.05, 4.69) is 10.0 Å². The zero-order valence-electron chi connectivity index (χ0n) is 8.71. The number of nitrogens with zero attached hydrogens (tertiary/aromatic N) is 3. The molecule has 1 aromatic carbocycles. The number of hydrogen-bond donors (Lipinski definition) is 0. The van der Waals surface area contributed by atoms with Crippen molar-refractivity contribution in [3.63, 3.8) is 0 Å². The first-order chi connectivity index (χ1) is 7.79. The molecule has 16 heavy (non-hydrogen) atoms. The van der Waals surface area contributed by atoms with E-state index in [-0.39, 0.29) is 17.8 Å². The Bertz CT molecular complexity index is 417. The van der Waals surface area contributed by atoms with Gasteiger partial charge in [-0.25, -0.2) is 4.39 Å². The Balaban J connectivity index is 2.00. The summed E-state index contributed by atoms with van der Waals surface area (Å²) in [6, 6.07) is 6.55. The van der Waals surface area contributed by atoms with Crippen molar-refractivity contribution >= 4 is 0 Å². The zero-order chi connectivity index (χ0) is 11.4. The number of ether oxygens (including phenoxy) is 1. The smallest absolute Gasteiger partial charge is 0.123 e. The van der Waals surface area contributed by atoms with Crippen molar-refractivity contribution in [3.05, 3.63) is 46.1 Å². The van der Waals surface area contributed by atoms with Gasteiger partial charge in [0, 0.05) is 10.8 Å². The monoisotopic (exact) mass is 221 g/mol. The molecule has 1 fully saturated rings. The molecule has 4 nitrogen and oxygen atoms in total. The first kappa shape index (κ1) is 10.9. The van der Waals surface area contributed by atoms with Crippen LogP contribution >= 0.6 is 0 Å². The number of halogens is 1. The molecule has 1 aliphatic rings. The highest BCUT2D eigenvalue weighted by Gasteiger charge is 2.26. The molecule has 2 atom stereocenters. The SMILES string of the molecule is [N-]=[N+]=NCC1CC(c2cccc(F)c2)CO1. The van der Waals surface area contributed by atoms with E-state index >= 15 is 0 Å². The number of hydrogen-bond acceptors (Lipinski definition) is 2. The summed E-state index contributed by atoms with van der Waals surface area (Å²) in [5.41, 5.74) is 9.15. The molecular weight excluding hydrogens is 209 g/mol. The van der Waals surface area contributed by atoms with Gasteiger partial charge in [0.1, 0.15) is 5.82 Å². The van der Waals surface area contributed by atoms with Crippen LogP contribution in [-0.2, 0) is 4.74 Å². The lowest BCUT2D eigenvalue weighted by Crippen LogP contribution is -2.08. The summed E-state index contributed by atoms with van der Waals surface area (Å²) in [7, 11) is 0. The predicted molar refractivity (Wildman–Crippen MR) is 57.5 cm³/mol. The fourth-order valence-electron chi connectivity index (χ4n) is 1.95. The molecule has 0 saturated carbocycles. The van der Waals surface area contributed by atoms with Crippen molar-refractivity contribution in [2.24, 2.45) is 5.11 Å². The quantitative estimate of drug-likeness (QED) is 0.439. The van der Waals surface area contributed by atoms with Gasteiger partial charge < -0.3 is 4.74 Å². The topological polar surface area (TPSA) is 58.0 Å². The van der Waals surface area contributed by atoms with Crippen LogP contribution in [0.15, 0.2) is 29.4 Å². The maximum Gasteiger partial charge on any atom is 0.123 e. The molecule has 1 heterocycles.